The Balaban J connectivity index is 0.000000310. The van der Waals surface area contributed by atoms with Crippen molar-refractivity contribution in [3.05, 3.63) is 0 Å². The Hall–Kier alpha value is 0.100. The van der Waals surface area contributed by atoms with Crippen LogP contribution >= 0.6 is 0 Å². The van der Waals surface area contributed by atoms with E-state index in [1.54, 1.807) is 0 Å². The second-order valence-corrected chi connectivity index (χ2v) is 5.21. The van der Waals surface area contributed by atoms with Crippen molar-refractivity contribution in [1.29, 1.82) is 0 Å². The molecule has 0 aromatic rings. The molecule has 5 heteroatoms. The maximum absolute atomic E-state index is 9.67. The van der Waals surface area contributed by atoms with Gasteiger partial charge in [0.05, 0.1) is 19.1 Å². The van der Waals surface area contributed by atoms with Crippen LogP contribution in [0.4, 0.5) is 13.2 Å². The third-order valence-electron chi connectivity index (χ3n) is 1.66. The molecule has 1 aliphatic rings. The van der Waals surface area contributed by atoms with Gasteiger partial charge in [-0.25, -0.2) is 0 Å². The van der Waals surface area contributed by atoms with E-state index in [1.165, 1.54) is 19.3 Å². The second-order valence-electron chi connectivity index (χ2n) is 2.92. The van der Waals surface area contributed by atoms with Crippen molar-refractivity contribution in [3.63, 3.8) is 0 Å². The molecule has 80 valence electrons. The molecule has 1 nitrogen and oxygen atoms in total. The van der Waals surface area contributed by atoms with E-state index in [4.69, 9.17) is 4.74 Å². The van der Waals surface area contributed by atoms with Crippen LogP contribution in [0.5, 0.6) is 0 Å². The lowest BCUT2D eigenvalue weighted by atomic mass is 10.2. The van der Waals surface area contributed by atoms with Gasteiger partial charge in [0, 0.05) is 17.3 Å². The molecule has 0 radical (unpaired) electrons. The Morgan fingerprint density at radius 1 is 1.23 bits per heavy atom. The zero-order valence-corrected chi connectivity index (χ0v) is 8.75. The van der Waals surface area contributed by atoms with Crippen molar-refractivity contribution in [2.45, 2.75) is 31.4 Å². The van der Waals surface area contributed by atoms with Gasteiger partial charge in [-0.2, -0.15) is 13.2 Å². The van der Waals surface area contributed by atoms with Crippen molar-refractivity contribution < 1.29 is 17.9 Å². The van der Waals surface area contributed by atoms with Crippen LogP contribution in [0.2, 0.25) is 0 Å². The number of ether oxygens (including phenoxy) is 1. The average Bonchev–Trinajstić information content (AvgIpc) is 2.05. The predicted molar refractivity (Wildman–Crippen MR) is 49.9 cm³/mol. The van der Waals surface area contributed by atoms with Gasteiger partial charge in [-0.05, 0) is 12.8 Å². The molecular formula is C8H16F3OS+. The van der Waals surface area contributed by atoms with Crippen molar-refractivity contribution in [1.82, 2.24) is 0 Å². The van der Waals surface area contributed by atoms with Crippen LogP contribution in [-0.2, 0) is 15.6 Å². The molecule has 0 aliphatic carbocycles. The summed E-state index contributed by atoms with van der Waals surface area (Å²) in [7, 11) is 0.476. The molecule has 1 rings (SSSR count). The Kier molecular flexibility index (Phi) is 7.56. The van der Waals surface area contributed by atoms with Gasteiger partial charge in [-0.15, -0.1) is 0 Å². The van der Waals surface area contributed by atoms with Crippen LogP contribution in [0.25, 0.3) is 0 Å². The molecule has 0 bridgehead atoms. The highest BCUT2D eigenvalue weighted by Gasteiger charge is 2.23. The maximum atomic E-state index is 9.67. The second kappa shape index (κ2) is 7.50. The first-order valence-corrected chi connectivity index (χ1v) is 6.24. The van der Waals surface area contributed by atoms with Crippen molar-refractivity contribution in [2.24, 2.45) is 0 Å². The SMILES string of the molecule is C[S+](C)C1CCCCO1.FC(F)F. The highest BCUT2D eigenvalue weighted by Crippen LogP contribution is 2.16. The standard InChI is InChI=1S/C7H15OS.CHF3/c1-9(2)7-5-3-4-6-8-7;2-1(3)4/h7H,3-6H2,1-2H3;1H/q+1;. The fourth-order valence-electron chi connectivity index (χ4n) is 1.08. The fraction of sp³-hybridized carbons (Fsp3) is 1.00. The van der Waals surface area contributed by atoms with E-state index < -0.39 is 6.68 Å². The summed E-state index contributed by atoms with van der Waals surface area (Å²) in [5, 5.41) is 0. The smallest absolute Gasteiger partial charge is 0.334 e. The molecule has 1 aliphatic heterocycles. The molecule has 1 atom stereocenters. The van der Waals surface area contributed by atoms with E-state index in [1.807, 2.05) is 0 Å². The Morgan fingerprint density at radius 3 is 2.00 bits per heavy atom. The van der Waals surface area contributed by atoms with Crippen LogP contribution in [0, 0.1) is 0 Å². The first-order chi connectivity index (χ1) is 6.04. The minimum atomic E-state index is -3.67. The summed E-state index contributed by atoms with van der Waals surface area (Å²) in [6.07, 6.45) is 8.45. The van der Waals surface area contributed by atoms with Gasteiger partial charge in [0.25, 0.3) is 0 Å². The molecule has 0 saturated carbocycles. The number of alkyl halides is 3. The van der Waals surface area contributed by atoms with E-state index in [2.05, 4.69) is 12.5 Å². The normalized spacial score (nSPS) is 22.8. The van der Waals surface area contributed by atoms with Gasteiger partial charge in [0.1, 0.15) is 0 Å². The molecule has 0 aromatic heterocycles. The van der Waals surface area contributed by atoms with E-state index in [-0.39, 0.29) is 0 Å². The maximum Gasteiger partial charge on any atom is 0.379 e. The lowest BCUT2D eigenvalue weighted by Crippen LogP contribution is -2.26. The molecule has 0 spiro atoms. The summed E-state index contributed by atoms with van der Waals surface area (Å²) in [6.45, 7) is -2.67. The quantitative estimate of drug-likeness (QED) is 0.613. The topological polar surface area (TPSA) is 9.23 Å². The number of rotatable bonds is 1. The fourth-order valence-corrected chi connectivity index (χ4v) is 2.09. The Morgan fingerprint density at radius 2 is 1.77 bits per heavy atom. The molecule has 0 amide bonds. The summed E-state index contributed by atoms with van der Waals surface area (Å²) >= 11 is 0. The zero-order chi connectivity index (χ0) is 10.3. The summed E-state index contributed by atoms with van der Waals surface area (Å²) < 4.78 is 34.6. The van der Waals surface area contributed by atoms with E-state index in [0.717, 1.165) is 6.61 Å². The lowest BCUT2D eigenvalue weighted by Gasteiger charge is -2.18. The van der Waals surface area contributed by atoms with Crippen LogP contribution in [0.3, 0.4) is 0 Å². The van der Waals surface area contributed by atoms with Gasteiger partial charge in [0.15, 0.2) is 0 Å². The summed E-state index contributed by atoms with van der Waals surface area (Å²) in [5.41, 5.74) is 0.582. The summed E-state index contributed by atoms with van der Waals surface area (Å²) in [5.74, 6) is 0. The van der Waals surface area contributed by atoms with Gasteiger partial charge in [-0.3, -0.25) is 0 Å². The minimum Gasteiger partial charge on any atom is -0.334 e. The van der Waals surface area contributed by atoms with Gasteiger partial charge in [-0.1, -0.05) is 0 Å². The molecule has 1 fully saturated rings. The van der Waals surface area contributed by atoms with Gasteiger partial charge in [0.2, 0.25) is 5.44 Å². The summed E-state index contributed by atoms with van der Waals surface area (Å²) in [4.78, 5) is 0. The molecule has 1 saturated heterocycles. The Labute approximate surface area is 80.0 Å². The highest BCUT2D eigenvalue weighted by atomic mass is 32.2. The predicted octanol–water partition coefficient (Wildman–Crippen LogP) is 2.57. The molecule has 0 aromatic carbocycles. The Bertz CT molecular complexity index is 113. The highest BCUT2D eigenvalue weighted by molar-refractivity contribution is 7.95. The van der Waals surface area contributed by atoms with Crippen molar-refractivity contribution in [2.75, 3.05) is 19.1 Å². The molecule has 0 N–H and O–H groups in total. The summed E-state index contributed by atoms with van der Waals surface area (Å²) in [6, 6.07) is 0. The van der Waals surface area contributed by atoms with Crippen LogP contribution < -0.4 is 0 Å². The molecule has 1 unspecified atom stereocenters. The van der Waals surface area contributed by atoms with E-state index in [9.17, 15) is 13.2 Å². The van der Waals surface area contributed by atoms with E-state index in [0.29, 0.717) is 16.3 Å². The number of hydrogen-bond donors (Lipinski definition) is 0. The van der Waals surface area contributed by atoms with Crippen molar-refractivity contribution >= 4 is 10.9 Å². The monoisotopic (exact) mass is 217 g/mol. The minimum absolute atomic E-state index is 0.476. The largest absolute Gasteiger partial charge is 0.379 e. The molecule has 1 heterocycles. The van der Waals surface area contributed by atoms with Crippen LogP contribution in [0.1, 0.15) is 19.3 Å². The van der Waals surface area contributed by atoms with Gasteiger partial charge < -0.3 is 4.74 Å². The first-order valence-electron chi connectivity index (χ1n) is 4.14. The zero-order valence-electron chi connectivity index (χ0n) is 7.93. The lowest BCUT2D eigenvalue weighted by molar-refractivity contribution is 0.00819. The third kappa shape index (κ3) is 8.43. The number of halogens is 3. The van der Waals surface area contributed by atoms with Crippen LogP contribution in [0.15, 0.2) is 0 Å². The average molecular weight is 217 g/mol. The molecule has 13 heavy (non-hydrogen) atoms. The van der Waals surface area contributed by atoms with Crippen molar-refractivity contribution in [3.8, 4) is 0 Å². The molecular weight excluding hydrogens is 201 g/mol. The van der Waals surface area contributed by atoms with Gasteiger partial charge >= 0.3 is 6.68 Å². The third-order valence-corrected chi connectivity index (χ3v) is 3.09. The number of hydrogen-bond acceptors (Lipinski definition) is 1. The van der Waals surface area contributed by atoms with E-state index >= 15 is 0 Å². The first kappa shape index (κ1) is 13.1. The van der Waals surface area contributed by atoms with Crippen LogP contribution in [-0.4, -0.2) is 31.2 Å².